The first-order valence-electron chi connectivity index (χ1n) is 6.19. The number of nitrogens with zero attached hydrogens (tertiary/aromatic N) is 1. The van der Waals surface area contributed by atoms with Crippen molar-refractivity contribution in [2.24, 2.45) is 0 Å². The fraction of sp³-hybridized carbons (Fsp3) is 0.133. The molecule has 0 saturated heterocycles. The number of rotatable bonds is 4. The van der Waals surface area contributed by atoms with E-state index in [0.717, 1.165) is 6.07 Å². The van der Waals surface area contributed by atoms with Crippen molar-refractivity contribution < 1.29 is 19.1 Å². The van der Waals surface area contributed by atoms with Gasteiger partial charge in [-0.05, 0) is 42.8 Å². The number of halogens is 1. The highest BCUT2D eigenvalue weighted by Gasteiger charge is 2.09. The van der Waals surface area contributed by atoms with Gasteiger partial charge in [-0.25, -0.2) is 9.18 Å². The van der Waals surface area contributed by atoms with Crippen molar-refractivity contribution in [3.05, 3.63) is 64.7 Å². The first-order valence-corrected chi connectivity index (χ1v) is 6.19. The first-order chi connectivity index (χ1) is 9.95. The average molecular weight is 288 g/mol. The van der Waals surface area contributed by atoms with Gasteiger partial charge in [-0.1, -0.05) is 0 Å². The first kappa shape index (κ1) is 14.6. The lowest BCUT2D eigenvalue weighted by Crippen LogP contribution is -2.23. The molecule has 6 heteroatoms. The minimum atomic E-state index is -1.06. The second-order valence-corrected chi connectivity index (χ2v) is 4.54. The summed E-state index contributed by atoms with van der Waals surface area (Å²) in [6, 6.07) is 6.78. The molecular weight excluding hydrogens is 275 g/mol. The van der Waals surface area contributed by atoms with Crippen LogP contribution in [-0.4, -0.2) is 22.0 Å². The second-order valence-electron chi connectivity index (χ2n) is 4.54. The lowest BCUT2D eigenvalue weighted by atomic mass is 10.1. The Balaban J connectivity index is 2.07. The van der Waals surface area contributed by atoms with E-state index >= 15 is 0 Å². The maximum Gasteiger partial charge on any atom is 0.335 e. The van der Waals surface area contributed by atoms with Gasteiger partial charge in [0.1, 0.15) is 5.82 Å². The van der Waals surface area contributed by atoms with Gasteiger partial charge >= 0.3 is 5.97 Å². The highest BCUT2D eigenvalue weighted by molar-refractivity contribution is 5.94. The van der Waals surface area contributed by atoms with E-state index in [4.69, 9.17) is 5.11 Å². The largest absolute Gasteiger partial charge is 0.478 e. The summed E-state index contributed by atoms with van der Waals surface area (Å²) in [5, 5.41) is 11.4. The fourth-order valence-electron chi connectivity index (χ4n) is 1.85. The van der Waals surface area contributed by atoms with Crippen molar-refractivity contribution in [1.82, 2.24) is 10.3 Å². The quantitative estimate of drug-likeness (QED) is 0.903. The lowest BCUT2D eigenvalue weighted by Gasteiger charge is -2.06. The molecule has 0 saturated carbocycles. The van der Waals surface area contributed by atoms with E-state index in [9.17, 15) is 14.0 Å². The van der Waals surface area contributed by atoms with E-state index < -0.39 is 17.7 Å². The molecule has 2 rings (SSSR count). The van der Waals surface area contributed by atoms with Gasteiger partial charge < -0.3 is 10.4 Å². The highest BCUT2D eigenvalue weighted by Crippen LogP contribution is 2.09. The maximum absolute atomic E-state index is 13.2. The van der Waals surface area contributed by atoms with Crippen LogP contribution in [0.15, 0.2) is 36.5 Å². The molecule has 5 nitrogen and oxygen atoms in total. The van der Waals surface area contributed by atoms with Crippen molar-refractivity contribution in [3.63, 3.8) is 0 Å². The number of hydrogen-bond acceptors (Lipinski definition) is 3. The predicted octanol–water partition coefficient (Wildman–Crippen LogP) is 2.16. The van der Waals surface area contributed by atoms with Crippen LogP contribution in [0, 0.1) is 12.7 Å². The van der Waals surface area contributed by atoms with Crippen LogP contribution >= 0.6 is 0 Å². The van der Waals surface area contributed by atoms with Crippen molar-refractivity contribution in [3.8, 4) is 0 Å². The number of hydrogen-bond donors (Lipinski definition) is 2. The normalized spacial score (nSPS) is 10.2. The molecule has 0 atom stereocenters. The Morgan fingerprint density at radius 2 is 2.00 bits per heavy atom. The molecule has 1 heterocycles. The molecule has 0 aliphatic rings. The van der Waals surface area contributed by atoms with Crippen LogP contribution in [-0.2, 0) is 6.54 Å². The fourth-order valence-corrected chi connectivity index (χ4v) is 1.85. The van der Waals surface area contributed by atoms with Crippen LogP contribution < -0.4 is 5.32 Å². The number of pyridine rings is 1. The van der Waals surface area contributed by atoms with Gasteiger partial charge in [0.25, 0.3) is 5.91 Å². The second kappa shape index (κ2) is 6.13. The SMILES string of the molecule is Cc1cc(F)cc(C(=O)NCc2cc(C(=O)O)ccn2)c1. The van der Waals surface area contributed by atoms with Gasteiger partial charge in [0.2, 0.25) is 0 Å². The van der Waals surface area contributed by atoms with Crippen LogP contribution in [0.5, 0.6) is 0 Å². The summed E-state index contributed by atoms with van der Waals surface area (Å²) in [6.45, 7) is 1.76. The monoisotopic (exact) mass is 288 g/mol. The number of carboxylic acid groups (broad SMARTS) is 1. The van der Waals surface area contributed by atoms with Gasteiger partial charge in [-0.15, -0.1) is 0 Å². The maximum atomic E-state index is 13.2. The highest BCUT2D eigenvalue weighted by atomic mass is 19.1. The number of carboxylic acids is 1. The number of benzene rings is 1. The zero-order chi connectivity index (χ0) is 15.4. The topological polar surface area (TPSA) is 79.3 Å². The smallest absolute Gasteiger partial charge is 0.335 e. The Morgan fingerprint density at radius 3 is 2.67 bits per heavy atom. The molecule has 21 heavy (non-hydrogen) atoms. The molecule has 0 aliphatic heterocycles. The summed E-state index contributed by atoms with van der Waals surface area (Å²) >= 11 is 0. The van der Waals surface area contributed by atoms with Crippen LogP contribution in [0.3, 0.4) is 0 Å². The zero-order valence-corrected chi connectivity index (χ0v) is 11.3. The summed E-state index contributed by atoms with van der Waals surface area (Å²) in [5.41, 5.74) is 1.36. The van der Waals surface area contributed by atoms with Crippen molar-refractivity contribution in [2.75, 3.05) is 0 Å². The van der Waals surface area contributed by atoms with E-state index in [1.54, 1.807) is 13.0 Å². The Bertz CT molecular complexity index is 681. The van der Waals surface area contributed by atoms with Crippen LogP contribution in [0.4, 0.5) is 4.39 Å². The number of aromatic carboxylic acids is 1. The molecule has 0 fully saturated rings. The molecule has 1 aromatic carbocycles. The van der Waals surface area contributed by atoms with Gasteiger partial charge in [0.15, 0.2) is 0 Å². The van der Waals surface area contributed by atoms with Gasteiger partial charge in [-0.2, -0.15) is 0 Å². The number of aryl methyl sites for hydroxylation is 1. The predicted molar refractivity (Wildman–Crippen MR) is 73.5 cm³/mol. The third-order valence-corrected chi connectivity index (χ3v) is 2.80. The lowest BCUT2D eigenvalue weighted by molar-refractivity contribution is 0.0696. The number of amides is 1. The minimum absolute atomic E-state index is 0.0650. The van der Waals surface area contributed by atoms with Crippen molar-refractivity contribution in [1.29, 1.82) is 0 Å². The summed E-state index contributed by atoms with van der Waals surface area (Å²) in [7, 11) is 0. The van der Waals surface area contributed by atoms with Gasteiger partial charge in [-0.3, -0.25) is 9.78 Å². The molecule has 0 radical (unpaired) electrons. The third kappa shape index (κ3) is 3.85. The standard InChI is InChI=1S/C15H13FN2O3/c1-9-4-11(6-12(16)5-9)14(19)18-8-13-7-10(15(20)21)2-3-17-13/h2-7H,8H2,1H3,(H,18,19)(H,20,21). The Labute approximate surface area is 120 Å². The molecule has 0 unspecified atom stereocenters. The van der Waals surface area contributed by atoms with Crippen LogP contribution in [0.25, 0.3) is 0 Å². The molecule has 0 aliphatic carbocycles. The minimum Gasteiger partial charge on any atom is -0.478 e. The average Bonchev–Trinajstić information content (AvgIpc) is 2.44. The summed E-state index contributed by atoms with van der Waals surface area (Å²) in [5.74, 6) is -1.99. The molecular formula is C15H13FN2O3. The Hall–Kier alpha value is -2.76. The van der Waals surface area contributed by atoms with E-state index in [2.05, 4.69) is 10.3 Å². The molecule has 108 valence electrons. The number of nitrogens with one attached hydrogen (secondary N) is 1. The third-order valence-electron chi connectivity index (χ3n) is 2.80. The Kier molecular flexibility index (Phi) is 4.27. The number of carbonyl (C=O) groups excluding carboxylic acids is 1. The molecule has 1 amide bonds. The van der Waals surface area contributed by atoms with Crippen LogP contribution in [0.2, 0.25) is 0 Å². The van der Waals surface area contributed by atoms with E-state index in [1.807, 2.05) is 0 Å². The zero-order valence-electron chi connectivity index (χ0n) is 11.3. The summed E-state index contributed by atoms with van der Waals surface area (Å²) in [4.78, 5) is 26.7. The van der Waals surface area contributed by atoms with E-state index in [-0.39, 0.29) is 17.7 Å². The molecule has 0 spiro atoms. The Morgan fingerprint density at radius 1 is 1.24 bits per heavy atom. The van der Waals surface area contributed by atoms with E-state index in [1.165, 1.54) is 24.4 Å². The van der Waals surface area contributed by atoms with Gasteiger partial charge in [0.05, 0.1) is 17.8 Å². The molecule has 2 N–H and O–H groups in total. The number of aromatic nitrogens is 1. The van der Waals surface area contributed by atoms with Crippen molar-refractivity contribution >= 4 is 11.9 Å². The van der Waals surface area contributed by atoms with E-state index in [0.29, 0.717) is 11.3 Å². The van der Waals surface area contributed by atoms with Crippen LogP contribution in [0.1, 0.15) is 32.0 Å². The molecule has 2 aromatic rings. The molecule has 0 bridgehead atoms. The molecule has 1 aromatic heterocycles. The summed E-state index contributed by atoms with van der Waals surface area (Å²) < 4.78 is 13.2. The van der Waals surface area contributed by atoms with Crippen molar-refractivity contribution in [2.45, 2.75) is 13.5 Å². The summed E-state index contributed by atoms with van der Waals surface area (Å²) in [6.07, 6.45) is 1.36. The number of carbonyl (C=O) groups is 2. The van der Waals surface area contributed by atoms with Gasteiger partial charge in [0, 0.05) is 11.8 Å².